The molecule has 7 heteroatoms. The average molecular weight is 298 g/mol. The second-order valence-corrected chi connectivity index (χ2v) is 6.62. The quantitative estimate of drug-likeness (QED) is 0.796. The highest BCUT2D eigenvalue weighted by Crippen LogP contribution is 2.32. The summed E-state index contributed by atoms with van der Waals surface area (Å²) in [6.45, 7) is 5.23. The first-order valence-corrected chi connectivity index (χ1v) is 7.23. The Hall–Kier alpha value is -1.79. The molecule has 0 aliphatic carbocycles. The molecule has 0 saturated carbocycles. The summed E-state index contributed by atoms with van der Waals surface area (Å²) in [5.74, 6) is -1.30. The molecule has 2 amide bonds. The van der Waals surface area contributed by atoms with Gasteiger partial charge in [-0.3, -0.25) is 4.79 Å². The van der Waals surface area contributed by atoms with E-state index >= 15 is 0 Å². The summed E-state index contributed by atoms with van der Waals surface area (Å²) in [4.78, 5) is 36.8. The minimum Gasteiger partial charge on any atom is -0.480 e. The molecule has 0 spiro atoms. The molecule has 0 aromatic rings. The van der Waals surface area contributed by atoms with E-state index in [1.807, 2.05) is 0 Å². The lowest BCUT2D eigenvalue weighted by Gasteiger charge is -2.34. The van der Waals surface area contributed by atoms with E-state index in [-0.39, 0.29) is 11.9 Å². The van der Waals surface area contributed by atoms with Crippen LogP contribution in [0.15, 0.2) is 0 Å². The molecule has 3 unspecified atom stereocenters. The Kier molecular flexibility index (Phi) is 4.11. The molecule has 2 N–H and O–H groups in total. The van der Waals surface area contributed by atoms with Crippen molar-refractivity contribution in [2.24, 2.45) is 0 Å². The van der Waals surface area contributed by atoms with Crippen LogP contribution in [0.5, 0.6) is 0 Å². The van der Waals surface area contributed by atoms with Crippen molar-refractivity contribution in [3.05, 3.63) is 0 Å². The zero-order chi connectivity index (χ0) is 15.8. The summed E-state index contributed by atoms with van der Waals surface area (Å²) in [7, 11) is 0. The number of nitrogens with one attached hydrogen (secondary N) is 1. The van der Waals surface area contributed by atoms with Crippen LogP contribution in [-0.2, 0) is 14.3 Å². The SMILES string of the molecule is CC(C)(C)OC(=O)NC1CC2CCCC(C(=O)O)N2C1=O. The van der Waals surface area contributed by atoms with Crippen LogP contribution < -0.4 is 5.32 Å². The van der Waals surface area contributed by atoms with Gasteiger partial charge in [-0.1, -0.05) is 0 Å². The molecule has 2 heterocycles. The van der Waals surface area contributed by atoms with E-state index in [9.17, 15) is 19.5 Å². The number of alkyl carbamates (subject to hydrolysis) is 1. The van der Waals surface area contributed by atoms with Gasteiger partial charge in [-0.25, -0.2) is 9.59 Å². The third-order valence-electron chi connectivity index (χ3n) is 3.78. The number of amides is 2. The Bertz CT molecular complexity index is 457. The van der Waals surface area contributed by atoms with Gasteiger partial charge in [0.25, 0.3) is 0 Å². The lowest BCUT2D eigenvalue weighted by atomic mass is 9.96. The molecular weight excluding hydrogens is 276 g/mol. The van der Waals surface area contributed by atoms with E-state index in [2.05, 4.69) is 5.32 Å². The van der Waals surface area contributed by atoms with Crippen molar-refractivity contribution in [3.63, 3.8) is 0 Å². The molecule has 3 atom stereocenters. The van der Waals surface area contributed by atoms with Crippen LogP contribution in [0.3, 0.4) is 0 Å². The van der Waals surface area contributed by atoms with Crippen LogP contribution in [-0.4, -0.2) is 51.7 Å². The molecular formula is C14H22N2O5. The molecule has 2 aliphatic heterocycles. The largest absolute Gasteiger partial charge is 0.480 e. The molecule has 21 heavy (non-hydrogen) atoms. The number of fused-ring (bicyclic) bond motifs is 1. The number of carboxylic acid groups (broad SMARTS) is 1. The summed E-state index contributed by atoms with van der Waals surface area (Å²) in [6.07, 6.45) is 1.83. The van der Waals surface area contributed by atoms with Crippen LogP contribution >= 0.6 is 0 Å². The van der Waals surface area contributed by atoms with Crippen molar-refractivity contribution in [2.45, 2.75) is 70.2 Å². The van der Waals surface area contributed by atoms with Crippen molar-refractivity contribution in [1.29, 1.82) is 0 Å². The molecule has 2 aliphatic rings. The zero-order valence-corrected chi connectivity index (χ0v) is 12.6. The highest BCUT2D eigenvalue weighted by molar-refractivity contribution is 5.91. The third-order valence-corrected chi connectivity index (χ3v) is 3.78. The Morgan fingerprint density at radius 2 is 2.00 bits per heavy atom. The summed E-state index contributed by atoms with van der Waals surface area (Å²) >= 11 is 0. The van der Waals surface area contributed by atoms with E-state index in [0.29, 0.717) is 12.8 Å². The summed E-state index contributed by atoms with van der Waals surface area (Å²) in [5, 5.41) is 11.8. The van der Waals surface area contributed by atoms with Crippen molar-refractivity contribution in [3.8, 4) is 0 Å². The number of hydrogen-bond acceptors (Lipinski definition) is 4. The van der Waals surface area contributed by atoms with E-state index < -0.39 is 29.7 Å². The number of rotatable bonds is 2. The maximum Gasteiger partial charge on any atom is 0.408 e. The lowest BCUT2D eigenvalue weighted by molar-refractivity contribution is -0.152. The number of aliphatic carboxylic acids is 1. The number of carboxylic acids is 1. The van der Waals surface area contributed by atoms with E-state index in [0.717, 1.165) is 12.8 Å². The predicted molar refractivity (Wildman–Crippen MR) is 73.7 cm³/mol. The first-order chi connectivity index (χ1) is 9.69. The minimum absolute atomic E-state index is 0.104. The number of nitrogens with zero attached hydrogens (tertiary/aromatic N) is 1. The van der Waals surface area contributed by atoms with Gasteiger partial charge in [0.1, 0.15) is 17.7 Å². The molecule has 0 radical (unpaired) electrons. The molecule has 118 valence electrons. The van der Waals surface area contributed by atoms with Crippen LogP contribution in [0.1, 0.15) is 46.5 Å². The molecule has 0 bridgehead atoms. The van der Waals surface area contributed by atoms with Gasteiger partial charge in [-0.15, -0.1) is 0 Å². The van der Waals surface area contributed by atoms with Gasteiger partial charge in [0.05, 0.1) is 0 Å². The Morgan fingerprint density at radius 1 is 1.33 bits per heavy atom. The standard InChI is InChI=1S/C14H22N2O5/c1-14(2,3)21-13(20)15-9-7-8-5-4-6-10(12(18)19)16(8)11(9)17/h8-10H,4-7H2,1-3H3,(H,15,20)(H,18,19). The summed E-state index contributed by atoms with van der Waals surface area (Å²) < 4.78 is 5.14. The maximum atomic E-state index is 12.3. The van der Waals surface area contributed by atoms with Gasteiger partial charge in [-0.05, 0) is 46.5 Å². The van der Waals surface area contributed by atoms with Gasteiger partial charge in [0.15, 0.2) is 0 Å². The fourth-order valence-electron chi connectivity index (χ4n) is 3.01. The maximum absolute atomic E-state index is 12.3. The molecule has 0 aromatic carbocycles. The molecule has 7 nitrogen and oxygen atoms in total. The van der Waals surface area contributed by atoms with E-state index in [4.69, 9.17) is 4.74 Å². The fraction of sp³-hybridized carbons (Fsp3) is 0.786. The zero-order valence-electron chi connectivity index (χ0n) is 12.6. The number of hydrogen-bond donors (Lipinski definition) is 2. The average Bonchev–Trinajstić information content (AvgIpc) is 2.63. The van der Waals surface area contributed by atoms with Gasteiger partial charge in [0, 0.05) is 6.04 Å². The number of carbonyl (C=O) groups is 3. The van der Waals surface area contributed by atoms with Gasteiger partial charge < -0.3 is 20.1 Å². The first-order valence-electron chi connectivity index (χ1n) is 7.23. The highest BCUT2D eigenvalue weighted by atomic mass is 16.6. The minimum atomic E-state index is -0.981. The first kappa shape index (κ1) is 15.6. The fourth-order valence-corrected chi connectivity index (χ4v) is 3.01. The summed E-state index contributed by atoms with van der Waals surface area (Å²) in [5.41, 5.74) is -0.637. The smallest absolute Gasteiger partial charge is 0.408 e. The Morgan fingerprint density at radius 3 is 2.57 bits per heavy atom. The van der Waals surface area contributed by atoms with Gasteiger partial charge >= 0.3 is 12.1 Å². The second-order valence-electron chi connectivity index (χ2n) is 6.62. The Labute approximate surface area is 123 Å². The molecule has 2 saturated heterocycles. The number of ether oxygens (including phenoxy) is 1. The third kappa shape index (κ3) is 3.46. The van der Waals surface area contributed by atoms with Crippen molar-refractivity contribution in [1.82, 2.24) is 10.2 Å². The number of carbonyl (C=O) groups excluding carboxylic acids is 2. The van der Waals surface area contributed by atoms with Crippen LogP contribution in [0.2, 0.25) is 0 Å². The van der Waals surface area contributed by atoms with Gasteiger partial charge in [0.2, 0.25) is 5.91 Å². The molecule has 0 aromatic heterocycles. The van der Waals surface area contributed by atoms with Crippen LogP contribution in [0.4, 0.5) is 4.79 Å². The monoisotopic (exact) mass is 298 g/mol. The molecule has 2 rings (SSSR count). The van der Waals surface area contributed by atoms with E-state index in [1.165, 1.54) is 4.90 Å². The number of piperidine rings is 1. The normalized spacial score (nSPS) is 29.0. The Balaban J connectivity index is 2.03. The highest BCUT2D eigenvalue weighted by Gasteiger charge is 2.47. The van der Waals surface area contributed by atoms with Crippen molar-refractivity contribution < 1.29 is 24.2 Å². The predicted octanol–water partition coefficient (Wildman–Crippen LogP) is 1.12. The second kappa shape index (κ2) is 5.54. The molecule has 2 fully saturated rings. The van der Waals surface area contributed by atoms with Crippen LogP contribution in [0, 0.1) is 0 Å². The van der Waals surface area contributed by atoms with Crippen molar-refractivity contribution >= 4 is 18.0 Å². The lowest BCUT2D eigenvalue weighted by Crippen LogP contribution is -2.51. The van der Waals surface area contributed by atoms with Gasteiger partial charge in [-0.2, -0.15) is 0 Å². The topological polar surface area (TPSA) is 95.9 Å². The van der Waals surface area contributed by atoms with Crippen molar-refractivity contribution in [2.75, 3.05) is 0 Å². The van der Waals surface area contributed by atoms with Crippen LogP contribution in [0.25, 0.3) is 0 Å². The van der Waals surface area contributed by atoms with E-state index in [1.54, 1.807) is 20.8 Å². The summed E-state index contributed by atoms with van der Waals surface area (Å²) in [6, 6.07) is -1.57.